The number of aromatic nitrogens is 2. The third-order valence-corrected chi connectivity index (χ3v) is 4.01. The molecule has 0 fully saturated rings. The standard InChI is InChI=1S/C16H24N4O4S/c1-10-12(11(2)19-16(18-10)25-5)6-7-15(23)24-9-13(21)17-8-14(22)20(3)4/h6-9H2,1-5H3,(H,17,21). The number of likely N-dealkylation sites (N-methyl/N-ethyl adjacent to an activating group) is 1. The molecule has 0 aromatic carbocycles. The van der Waals surface area contributed by atoms with Crippen molar-refractivity contribution < 1.29 is 19.1 Å². The summed E-state index contributed by atoms with van der Waals surface area (Å²) in [5.74, 6) is -1.23. The fraction of sp³-hybridized carbons (Fsp3) is 0.562. The summed E-state index contributed by atoms with van der Waals surface area (Å²) in [5, 5.41) is 3.09. The minimum absolute atomic E-state index is 0.124. The fourth-order valence-electron chi connectivity index (χ4n) is 1.99. The molecule has 1 aromatic rings. The number of hydrogen-bond donors (Lipinski definition) is 1. The lowest BCUT2D eigenvalue weighted by atomic mass is 10.1. The Hall–Kier alpha value is -2.16. The van der Waals surface area contributed by atoms with Crippen molar-refractivity contribution in [3.63, 3.8) is 0 Å². The topological polar surface area (TPSA) is 101 Å². The predicted molar refractivity (Wildman–Crippen MR) is 94.3 cm³/mol. The van der Waals surface area contributed by atoms with Crippen LogP contribution in [0.5, 0.6) is 0 Å². The molecule has 8 nitrogen and oxygen atoms in total. The van der Waals surface area contributed by atoms with Gasteiger partial charge in [0, 0.05) is 31.9 Å². The van der Waals surface area contributed by atoms with Crippen LogP contribution in [0.15, 0.2) is 5.16 Å². The summed E-state index contributed by atoms with van der Waals surface area (Å²) >= 11 is 1.46. The SMILES string of the molecule is CSc1nc(C)c(CCC(=O)OCC(=O)NCC(=O)N(C)C)c(C)n1. The van der Waals surface area contributed by atoms with Gasteiger partial charge in [-0.15, -0.1) is 0 Å². The number of ether oxygens (including phenoxy) is 1. The van der Waals surface area contributed by atoms with Gasteiger partial charge in [0.25, 0.3) is 5.91 Å². The van der Waals surface area contributed by atoms with E-state index in [1.165, 1.54) is 16.7 Å². The van der Waals surface area contributed by atoms with Gasteiger partial charge in [-0.3, -0.25) is 14.4 Å². The van der Waals surface area contributed by atoms with Gasteiger partial charge in [0.15, 0.2) is 11.8 Å². The highest BCUT2D eigenvalue weighted by Gasteiger charge is 2.13. The summed E-state index contributed by atoms with van der Waals surface area (Å²) in [6, 6.07) is 0. The van der Waals surface area contributed by atoms with Crippen LogP contribution >= 0.6 is 11.8 Å². The molecule has 0 saturated carbocycles. The van der Waals surface area contributed by atoms with Crippen LogP contribution in [0.1, 0.15) is 23.4 Å². The molecular weight excluding hydrogens is 344 g/mol. The van der Waals surface area contributed by atoms with Gasteiger partial charge in [-0.25, -0.2) is 9.97 Å². The molecule has 0 spiro atoms. The quantitative estimate of drug-likeness (QED) is 0.405. The van der Waals surface area contributed by atoms with Crippen LogP contribution in [0.25, 0.3) is 0 Å². The predicted octanol–water partition coefficient (Wildman–Crippen LogP) is 0.496. The Balaban J connectivity index is 2.41. The first-order valence-corrected chi connectivity index (χ1v) is 8.97. The number of esters is 1. The lowest BCUT2D eigenvalue weighted by molar-refractivity contribution is -0.148. The number of thioether (sulfide) groups is 1. The fourth-order valence-corrected chi connectivity index (χ4v) is 2.45. The van der Waals surface area contributed by atoms with Crippen molar-refractivity contribution in [3.05, 3.63) is 17.0 Å². The van der Waals surface area contributed by atoms with E-state index in [-0.39, 0.29) is 18.9 Å². The Morgan fingerprint density at radius 3 is 2.28 bits per heavy atom. The number of nitrogens with one attached hydrogen (secondary N) is 1. The monoisotopic (exact) mass is 368 g/mol. The van der Waals surface area contributed by atoms with Gasteiger partial charge in [-0.2, -0.15) is 0 Å². The maximum absolute atomic E-state index is 11.8. The highest BCUT2D eigenvalue weighted by molar-refractivity contribution is 7.98. The van der Waals surface area contributed by atoms with Gasteiger partial charge in [-0.05, 0) is 32.1 Å². The average Bonchev–Trinajstić information content (AvgIpc) is 2.56. The summed E-state index contributed by atoms with van der Waals surface area (Å²) in [5.41, 5.74) is 2.59. The Morgan fingerprint density at radius 1 is 1.16 bits per heavy atom. The van der Waals surface area contributed by atoms with Crippen molar-refractivity contribution in [1.29, 1.82) is 0 Å². The van der Waals surface area contributed by atoms with E-state index in [0.717, 1.165) is 17.0 Å². The average molecular weight is 368 g/mol. The van der Waals surface area contributed by atoms with Crippen molar-refractivity contribution in [2.24, 2.45) is 0 Å². The van der Waals surface area contributed by atoms with Gasteiger partial charge in [-0.1, -0.05) is 11.8 Å². The molecule has 9 heteroatoms. The zero-order chi connectivity index (χ0) is 19.0. The number of amides is 2. The van der Waals surface area contributed by atoms with Crippen LogP contribution in [-0.4, -0.2) is 66.2 Å². The van der Waals surface area contributed by atoms with Crippen molar-refractivity contribution in [1.82, 2.24) is 20.2 Å². The normalized spacial score (nSPS) is 10.3. The second-order valence-electron chi connectivity index (χ2n) is 5.59. The number of nitrogens with zero attached hydrogens (tertiary/aromatic N) is 3. The Bertz CT molecular complexity index is 626. The van der Waals surface area contributed by atoms with E-state index in [2.05, 4.69) is 15.3 Å². The molecular formula is C16H24N4O4S. The maximum atomic E-state index is 11.8. The largest absolute Gasteiger partial charge is 0.456 e. The highest BCUT2D eigenvalue weighted by atomic mass is 32.2. The third-order valence-electron chi connectivity index (χ3n) is 3.46. The van der Waals surface area contributed by atoms with E-state index in [1.807, 2.05) is 20.1 Å². The number of carbonyl (C=O) groups excluding carboxylic acids is 3. The number of carbonyl (C=O) groups is 3. The smallest absolute Gasteiger partial charge is 0.306 e. The summed E-state index contributed by atoms with van der Waals surface area (Å²) in [6.45, 7) is 3.23. The molecule has 0 aliphatic carbocycles. The summed E-state index contributed by atoms with van der Waals surface area (Å²) in [4.78, 5) is 44.8. The zero-order valence-corrected chi connectivity index (χ0v) is 16.0. The van der Waals surface area contributed by atoms with Gasteiger partial charge < -0.3 is 15.0 Å². The molecule has 0 radical (unpaired) electrons. The number of rotatable bonds is 8. The maximum Gasteiger partial charge on any atom is 0.306 e. The molecule has 1 heterocycles. The summed E-state index contributed by atoms with van der Waals surface area (Å²) < 4.78 is 4.92. The lowest BCUT2D eigenvalue weighted by Gasteiger charge is -2.11. The van der Waals surface area contributed by atoms with Crippen LogP contribution < -0.4 is 5.32 Å². The highest BCUT2D eigenvalue weighted by Crippen LogP contribution is 2.17. The molecule has 1 rings (SSSR count). The van der Waals surface area contributed by atoms with Crippen LogP contribution in [0.2, 0.25) is 0 Å². The van der Waals surface area contributed by atoms with E-state index in [4.69, 9.17) is 4.74 Å². The van der Waals surface area contributed by atoms with Gasteiger partial charge in [0.2, 0.25) is 5.91 Å². The Morgan fingerprint density at radius 2 is 1.76 bits per heavy atom. The second kappa shape index (κ2) is 9.97. The van der Waals surface area contributed by atoms with E-state index in [0.29, 0.717) is 11.6 Å². The van der Waals surface area contributed by atoms with Crippen molar-refractivity contribution in [3.8, 4) is 0 Å². The summed E-state index contributed by atoms with van der Waals surface area (Å²) in [6.07, 6.45) is 2.49. The van der Waals surface area contributed by atoms with Gasteiger partial charge in [0.1, 0.15) is 0 Å². The lowest BCUT2D eigenvalue weighted by Crippen LogP contribution is -2.38. The molecule has 0 atom stereocenters. The van der Waals surface area contributed by atoms with Crippen molar-refractivity contribution >= 4 is 29.5 Å². The second-order valence-corrected chi connectivity index (χ2v) is 6.36. The van der Waals surface area contributed by atoms with Crippen molar-refractivity contribution in [2.75, 3.05) is 33.5 Å². The first kappa shape index (κ1) is 20.9. The molecule has 2 amide bonds. The van der Waals surface area contributed by atoms with Crippen LogP contribution in [-0.2, 0) is 25.5 Å². The van der Waals surface area contributed by atoms with E-state index < -0.39 is 18.5 Å². The first-order chi connectivity index (χ1) is 11.7. The first-order valence-electron chi connectivity index (χ1n) is 7.75. The molecule has 25 heavy (non-hydrogen) atoms. The molecule has 0 saturated heterocycles. The molecule has 1 N–H and O–H groups in total. The van der Waals surface area contributed by atoms with Crippen LogP contribution in [0, 0.1) is 13.8 Å². The number of aryl methyl sites for hydroxylation is 2. The number of hydrogen-bond acceptors (Lipinski definition) is 7. The zero-order valence-electron chi connectivity index (χ0n) is 15.2. The van der Waals surface area contributed by atoms with Gasteiger partial charge in [0.05, 0.1) is 6.54 Å². The molecule has 0 aliphatic rings. The Labute approximate surface area is 151 Å². The molecule has 138 valence electrons. The van der Waals surface area contributed by atoms with E-state index in [9.17, 15) is 14.4 Å². The third kappa shape index (κ3) is 7.08. The minimum Gasteiger partial charge on any atom is -0.456 e. The van der Waals surface area contributed by atoms with Crippen molar-refractivity contribution in [2.45, 2.75) is 31.8 Å². The molecule has 1 aromatic heterocycles. The molecule has 0 bridgehead atoms. The van der Waals surface area contributed by atoms with E-state index in [1.54, 1.807) is 14.1 Å². The molecule has 0 unspecified atom stereocenters. The van der Waals surface area contributed by atoms with Crippen LogP contribution in [0.4, 0.5) is 0 Å². The van der Waals surface area contributed by atoms with Gasteiger partial charge >= 0.3 is 5.97 Å². The molecule has 0 aliphatic heterocycles. The Kier molecular flexibility index (Phi) is 8.33. The van der Waals surface area contributed by atoms with E-state index >= 15 is 0 Å². The van der Waals surface area contributed by atoms with Crippen LogP contribution in [0.3, 0.4) is 0 Å². The minimum atomic E-state index is -0.511. The summed E-state index contributed by atoms with van der Waals surface area (Å²) in [7, 11) is 3.18.